The molecule has 0 aliphatic carbocycles. The van der Waals surface area contributed by atoms with E-state index in [2.05, 4.69) is 5.32 Å². The number of hydrogen-bond acceptors (Lipinski definition) is 2. The van der Waals surface area contributed by atoms with E-state index in [1.165, 1.54) is 12.1 Å². The van der Waals surface area contributed by atoms with E-state index in [0.717, 1.165) is 24.8 Å². The Morgan fingerprint density at radius 2 is 2.06 bits per heavy atom. The van der Waals surface area contributed by atoms with Gasteiger partial charge in [-0.1, -0.05) is 12.1 Å². The van der Waals surface area contributed by atoms with Crippen LogP contribution in [-0.4, -0.2) is 18.6 Å². The predicted octanol–water partition coefficient (Wildman–Crippen LogP) is 4.11. The molecule has 102 valence electrons. The fourth-order valence-electron chi connectivity index (χ4n) is 1.64. The van der Waals surface area contributed by atoms with E-state index in [4.69, 9.17) is 0 Å². The van der Waals surface area contributed by atoms with Crippen LogP contribution >= 0.6 is 11.8 Å². The lowest BCUT2D eigenvalue weighted by atomic mass is 10.0. The number of thioether (sulfide) groups is 1. The van der Waals surface area contributed by atoms with Crippen molar-refractivity contribution in [1.29, 1.82) is 0 Å². The van der Waals surface area contributed by atoms with Gasteiger partial charge in [-0.2, -0.15) is 24.9 Å². The predicted molar refractivity (Wildman–Crippen MR) is 70.9 cm³/mol. The zero-order valence-electron chi connectivity index (χ0n) is 10.6. The molecule has 5 heteroatoms. The second-order valence-corrected chi connectivity index (χ2v) is 5.13. The van der Waals surface area contributed by atoms with Crippen molar-refractivity contribution in [2.75, 3.05) is 18.6 Å². The van der Waals surface area contributed by atoms with Crippen LogP contribution in [0, 0.1) is 0 Å². The zero-order valence-corrected chi connectivity index (χ0v) is 11.4. The third kappa shape index (κ3) is 4.90. The number of alkyl halides is 3. The molecule has 1 nitrogen and oxygen atoms in total. The van der Waals surface area contributed by atoms with Crippen molar-refractivity contribution in [3.8, 4) is 0 Å². The Balaban J connectivity index is 2.60. The van der Waals surface area contributed by atoms with Crippen LogP contribution in [0.15, 0.2) is 24.3 Å². The highest BCUT2D eigenvalue weighted by Gasteiger charge is 2.30. The molecule has 1 atom stereocenters. The Labute approximate surface area is 110 Å². The molecule has 0 fully saturated rings. The molecule has 0 bridgehead atoms. The molecule has 0 saturated heterocycles. The summed E-state index contributed by atoms with van der Waals surface area (Å²) in [5, 5.41) is 3.23. The van der Waals surface area contributed by atoms with Gasteiger partial charge in [0.05, 0.1) is 5.56 Å². The zero-order chi connectivity index (χ0) is 13.6. The summed E-state index contributed by atoms with van der Waals surface area (Å²) in [5.41, 5.74) is 0.0896. The lowest BCUT2D eigenvalue weighted by molar-refractivity contribution is -0.137. The molecular formula is C13H18F3NS. The first-order valence-electron chi connectivity index (χ1n) is 5.84. The van der Waals surface area contributed by atoms with E-state index in [0.29, 0.717) is 5.56 Å². The molecule has 0 aromatic heterocycles. The van der Waals surface area contributed by atoms with Crippen molar-refractivity contribution in [2.24, 2.45) is 0 Å². The Morgan fingerprint density at radius 1 is 1.33 bits per heavy atom. The maximum absolute atomic E-state index is 12.6. The normalized spacial score (nSPS) is 13.6. The van der Waals surface area contributed by atoms with Crippen LogP contribution in [0.4, 0.5) is 13.2 Å². The van der Waals surface area contributed by atoms with Crippen LogP contribution < -0.4 is 5.32 Å². The summed E-state index contributed by atoms with van der Waals surface area (Å²) in [4.78, 5) is 0. The van der Waals surface area contributed by atoms with Gasteiger partial charge in [0.1, 0.15) is 0 Å². The van der Waals surface area contributed by atoms with Crippen LogP contribution in [0.3, 0.4) is 0 Å². The fourth-order valence-corrected chi connectivity index (χ4v) is 2.07. The molecule has 0 saturated carbocycles. The summed E-state index contributed by atoms with van der Waals surface area (Å²) < 4.78 is 37.7. The van der Waals surface area contributed by atoms with Gasteiger partial charge in [-0.3, -0.25) is 0 Å². The van der Waals surface area contributed by atoms with Crippen LogP contribution in [-0.2, 0) is 6.18 Å². The van der Waals surface area contributed by atoms with E-state index in [-0.39, 0.29) is 6.04 Å². The lowest BCUT2D eigenvalue weighted by Gasteiger charge is -2.16. The van der Waals surface area contributed by atoms with Crippen molar-refractivity contribution in [2.45, 2.75) is 25.6 Å². The van der Waals surface area contributed by atoms with Crippen molar-refractivity contribution < 1.29 is 13.2 Å². The fraction of sp³-hybridized carbons (Fsp3) is 0.538. The SMILES string of the molecule is CSCCCNC(C)c1cccc(C(F)(F)F)c1. The third-order valence-electron chi connectivity index (χ3n) is 2.69. The first-order chi connectivity index (χ1) is 8.45. The quantitative estimate of drug-likeness (QED) is 0.785. The van der Waals surface area contributed by atoms with Crippen LogP contribution in [0.1, 0.15) is 30.5 Å². The number of benzene rings is 1. The minimum atomic E-state index is -4.27. The van der Waals surface area contributed by atoms with Gasteiger partial charge in [-0.25, -0.2) is 0 Å². The summed E-state index contributed by atoms with van der Waals surface area (Å²) in [6.45, 7) is 2.70. The summed E-state index contributed by atoms with van der Waals surface area (Å²) in [7, 11) is 0. The highest BCUT2D eigenvalue weighted by Crippen LogP contribution is 2.30. The molecular weight excluding hydrogens is 259 g/mol. The smallest absolute Gasteiger partial charge is 0.310 e. The second kappa shape index (κ2) is 7.04. The minimum Gasteiger partial charge on any atom is -0.310 e. The molecule has 0 aliphatic heterocycles. The van der Waals surface area contributed by atoms with E-state index >= 15 is 0 Å². The first-order valence-corrected chi connectivity index (χ1v) is 7.24. The highest BCUT2D eigenvalue weighted by atomic mass is 32.2. The molecule has 1 unspecified atom stereocenters. The number of hydrogen-bond donors (Lipinski definition) is 1. The summed E-state index contributed by atoms with van der Waals surface area (Å²) in [5.74, 6) is 1.06. The molecule has 0 amide bonds. The highest BCUT2D eigenvalue weighted by molar-refractivity contribution is 7.98. The minimum absolute atomic E-state index is 0.0610. The van der Waals surface area contributed by atoms with Gasteiger partial charge in [0.25, 0.3) is 0 Å². The van der Waals surface area contributed by atoms with Crippen molar-refractivity contribution in [3.05, 3.63) is 35.4 Å². The third-order valence-corrected chi connectivity index (χ3v) is 3.39. The molecule has 0 spiro atoms. The molecule has 1 aromatic carbocycles. The van der Waals surface area contributed by atoms with E-state index in [9.17, 15) is 13.2 Å². The van der Waals surface area contributed by atoms with E-state index < -0.39 is 11.7 Å². The maximum Gasteiger partial charge on any atom is 0.416 e. The summed E-state index contributed by atoms with van der Waals surface area (Å²) >= 11 is 1.77. The van der Waals surface area contributed by atoms with Crippen molar-refractivity contribution >= 4 is 11.8 Å². The molecule has 1 N–H and O–H groups in total. The van der Waals surface area contributed by atoms with E-state index in [1.54, 1.807) is 17.8 Å². The number of rotatable bonds is 6. The van der Waals surface area contributed by atoms with Crippen molar-refractivity contribution in [3.63, 3.8) is 0 Å². The van der Waals surface area contributed by atoms with Gasteiger partial charge in [-0.15, -0.1) is 0 Å². The average Bonchev–Trinajstić information content (AvgIpc) is 2.33. The van der Waals surface area contributed by atoms with Gasteiger partial charge < -0.3 is 5.32 Å². The second-order valence-electron chi connectivity index (χ2n) is 4.15. The molecule has 0 aliphatic rings. The van der Waals surface area contributed by atoms with Crippen LogP contribution in [0.5, 0.6) is 0 Å². The van der Waals surface area contributed by atoms with Gasteiger partial charge in [0.2, 0.25) is 0 Å². The van der Waals surface area contributed by atoms with Gasteiger partial charge in [0.15, 0.2) is 0 Å². The van der Waals surface area contributed by atoms with Crippen molar-refractivity contribution in [1.82, 2.24) is 5.32 Å². The Bertz CT molecular complexity index is 365. The Morgan fingerprint density at radius 3 is 2.67 bits per heavy atom. The van der Waals surface area contributed by atoms with Gasteiger partial charge >= 0.3 is 6.18 Å². The average molecular weight is 277 g/mol. The van der Waals surface area contributed by atoms with Crippen LogP contribution in [0.25, 0.3) is 0 Å². The molecule has 0 radical (unpaired) electrons. The standard InChI is InChI=1S/C13H18F3NS/c1-10(17-7-4-8-18-2)11-5-3-6-12(9-11)13(14,15)16/h3,5-6,9-10,17H,4,7-8H2,1-2H3. The summed E-state index contributed by atoms with van der Waals surface area (Å²) in [6.07, 6.45) is -1.21. The van der Waals surface area contributed by atoms with E-state index in [1.807, 2.05) is 13.2 Å². The maximum atomic E-state index is 12.6. The molecule has 18 heavy (non-hydrogen) atoms. The molecule has 0 heterocycles. The lowest BCUT2D eigenvalue weighted by Crippen LogP contribution is -2.20. The number of halogens is 3. The van der Waals surface area contributed by atoms with Gasteiger partial charge in [-0.05, 0) is 49.6 Å². The molecule has 1 rings (SSSR count). The molecule has 1 aromatic rings. The topological polar surface area (TPSA) is 12.0 Å². The van der Waals surface area contributed by atoms with Crippen LogP contribution in [0.2, 0.25) is 0 Å². The number of nitrogens with one attached hydrogen (secondary N) is 1. The Kier molecular flexibility index (Phi) is 6.02. The van der Waals surface area contributed by atoms with Gasteiger partial charge in [0, 0.05) is 6.04 Å². The summed E-state index contributed by atoms with van der Waals surface area (Å²) in [6, 6.07) is 5.43. The monoisotopic (exact) mass is 277 g/mol. The largest absolute Gasteiger partial charge is 0.416 e. The first kappa shape index (κ1) is 15.4. The Hall–Kier alpha value is -0.680.